The number of carbonyl (C=O) groups is 1. The van der Waals surface area contributed by atoms with Gasteiger partial charge in [0.1, 0.15) is 12.4 Å². The third kappa shape index (κ3) is 8.64. The molecule has 0 radical (unpaired) electrons. The summed E-state index contributed by atoms with van der Waals surface area (Å²) in [7, 11) is -2.24. The molecule has 2 N–H and O–H groups in total. The molecule has 2 aromatic carbocycles. The zero-order valence-corrected chi connectivity index (χ0v) is 20.1. The van der Waals surface area contributed by atoms with Gasteiger partial charge in [-0.05, 0) is 55.1 Å². The van der Waals surface area contributed by atoms with Gasteiger partial charge in [0.2, 0.25) is 15.9 Å². The van der Waals surface area contributed by atoms with Crippen molar-refractivity contribution in [1.82, 2.24) is 14.9 Å². The van der Waals surface area contributed by atoms with Crippen LogP contribution in [0.2, 0.25) is 0 Å². The number of hydrogen-bond donors (Lipinski definition) is 2. The highest BCUT2D eigenvalue weighted by Crippen LogP contribution is 2.28. The number of ether oxygens (including phenoxy) is 2. The normalized spacial score (nSPS) is 11.4. The van der Waals surface area contributed by atoms with Gasteiger partial charge >= 0.3 is 0 Å². The van der Waals surface area contributed by atoms with Crippen LogP contribution < -0.4 is 19.5 Å². The lowest BCUT2D eigenvalue weighted by Gasteiger charge is -2.19. The molecule has 2 aromatic rings. The largest absolute Gasteiger partial charge is 0.493 e. The van der Waals surface area contributed by atoms with Crippen LogP contribution in [0, 0.1) is 5.82 Å². The maximum atomic E-state index is 13.0. The molecule has 33 heavy (non-hydrogen) atoms. The van der Waals surface area contributed by atoms with Gasteiger partial charge in [0, 0.05) is 26.1 Å². The number of benzene rings is 2. The molecule has 0 unspecified atom stereocenters. The predicted octanol–water partition coefficient (Wildman–Crippen LogP) is 2.54. The second-order valence-corrected chi connectivity index (χ2v) is 9.01. The van der Waals surface area contributed by atoms with E-state index in [2.05, 4.69) is 28.8 Å². The molecule has 2 rings (SSSR count). The van der Waals surface area contributed by atoms with E-state index in [1.165, 1.54) is 12.1 Å². The number of halogens is 1. The van der Waals surface area contributed by atoms with E-state index in [9.17, 15) is 17.6 Å². The number of sulfonamides is 1. The molecular formula is C23H32FN3O5S. The van der Waals surface area contributed by atoms with Crippen LogP contribution in [0.25, 0.3) is 0 Å². The Kier molecular flexibility index (Phi) is 10.6. The van der Waals surface area contributed by atoms with Gasteiger partial charge in [0.05, 0.1) is 12.0 Å². The number of carbonyl (C=O) groups excluding carboxylic acids is 1. The van der Waals surface area contributed by atoms with Crippen molar-refractivity contribution in [3.63, 3.8) is 0 Å². The Morgan fingerprint density at radius 1 is 1.06 bits per heavy atom. The second kappa shape index (κ2) is 13.1. The van der Waals surface area contributed by atoms with Crippen molar-refractivity contribution in [2.24, 2.45) is 0 Å². The van der Waals surface area contributed by atoms with Crippen molar-refractivity contribution < 1.29 is 27.1 Å². The van der Waals surface area contributed by atoms with Gasteiger partial charge in [-0.3, -0.25) is 4.79 Å². The van der Waals surface area contributed by atoms with Crippen LogP contribution in [0.3, 0.4) is 0 Å². The zero-order chi connectivity index (χ0) is 24.3. The molecule has 0 spiro atoms. The number of methoxy groups -OCH3 is 1. The summed E-state index contributed by atoms with van der Waals surface area (Å²) in [6.07, 6.45) is -0.0376. The highest BCUT2D eigenvalue weighted by molar-refractivity contribution is 7.89. The Morgan fingerprint density at radius 2 is 1.76 bits per heavy atom. The summed E-state index contributed by atoms with van der Waals surface area (Å²) in [6.45, 7) is 7.68. The Morgan fingerprint density at radius 3 is 2.39 bits per heavy atom. The molecule has 0 atom stereocenters. The SMILES string of the molecule is CCN(CC)CCOc1ccc(CNC(=O)CCNS(=O)(=O)c2ccc(F)cc2)cc1OC. The third-order valence-corrected chi connectivity index (χ3v) is 6.52. The molecule has 0 saturated heterocycles. The summed E-state index contributed by atoms with van der Waals surface area (Å²) in [4.78, 5) is 14.3. The zero-order valence-electron chi connectivity index (χ0n) is 19.3. The molecule has 8 nitrogen and oxygen atoms in total. The fraction of sp³-hybridized carbons (Fsp3) is 0.435. The molecule has 0 aliphatic heterocycles. The fourth-order valence-electron chi connectivity index (χ4n) is 3.05. The number of nitrogens with one attached hydrogen (secondary N) is 2. The number of rotatable bonds is 14. The smallest absolute Gasteiger partial charge is 0.240 e. The third-order valence-electron chi connectivity index (χ3n) is 5.05. The van der Waals surface area contributed by atoms with E-state index >= 15 is 0 Å². The first-order chi connectivity index (χ1) is 15.8. The predicted molar refractivity (Wildman–Crippen MR) is 124 cm³/mol. The minimum absolute atomic E-state index is 0.0376. The Balaban J connectivity index is 1.80. The van der Waals surface area contributed by atoms with Crippen LogP contribution >= 0.6 is 0 Å². The molecule has 0 heterocycles. The minimum Gasteiger partial charge on any atom is -0.493 e. The van der Waals surface area contributed by atoms with Crippen LogP contribution in [0.4, 0.5) is 4.39 Å². The molecule has 0 aliphatic rings. The number of nitrogens with zero attached hydrogens (tertiary/aromatic N) is 1. The van der Waals surface area contributed by atoms with E-state index in [1.807, 2.05) is 6.07 Å². The second-order valence-electron chi connectivity index (χ2n) is 7.24. The van der Waals surface area contributed by atoms with E-state index in [1.54, 1.807) is 19.2 Å². The number of amides is 1. The van der Waals surface area contributed by atoms with E-state index in [0.717, 1.165) is 37.3 Å². The molecule has 0 aromatic heterocycles. The van der Waals surface area contributed by atoms with E-state index in [-0.39, 0.29) is 30.3 Å². The molecule has 182 valence electrons. The Labute approximate surface area is 195 Å². The molecular weight excluding hydrogens is 449 g/mol. The average molecular weight is 482 g/mol. The summed E-state index contributed by atoms with van der Waals surface area (Å²) >= 11 is 0. The number of likely N-dealkylation sites (N-methyl/N-ethyl adjacent to an activating group) is 1. The van der Waals surface area contributed by atoms with Crippen LogP contribution in [0.1, 0.15) is 25.8 Å². The first-order valence-corrected chi connectivity index (χ1v) is 12.3. The van der Waals surface area contributed by atoms with Gasteiger partial charge in [-0.1, -0.05) is 19.9 Å². The quantitative estimate of drug-likeness (QED) is 0.431. The summed E-state index contributed by atoms with van der Waals surface area (Å²) < 4.78 is 50.8. The summed E-state index contributed by atoms with van der Waals surface area (Å²) in [5.41, 5.74) is 0.822. The van der Waals surface area contributed by atoms with Crippen LogP contribution in [-0.2, 0) is 21.4 Å². The van der Waals surface area contributed by atoms with Gasteiger partial charge in [-0.25, -0.2) is 17.5 Å². The summed E-state index contributed by atoms with van der Waals surface area (Å²) in [5, 5.41) is 2.75. The highest BCUT2D eigenvalue weighted by Gasteiger charge is 2.14. The van der Waals surface area contributed by atoms with Crippen molar-refractivity contribution in [2.45, 2.75) is 31.7 Å². The molecule has 0 bridgehead atoms. The van der Waals surface area contributed by atoms with E-state index < -0.39 is 15.8 Å². The van der Waals surface area contributed by atoms with E-state index in [0.29, 0.717) is 18.1 Å². The molecule has 1 amide bonds. The van der Waals surface area contributed by atoms with Gasteiger partial charge in [0.25, 0.3) is 0 Å². The van der Waals surface area contributed by atoms with Crippen molar-refractivity contribution >= 4 is 15.9 Å². The van der Waals surface area contributed by atoms with Crippen LogP contribution in [-0.4, -0.2) is 59.1 Å². The van der Waals surface area contributed by atoms with Gasteiger partial charge in [-0.15, -0.1) is 0 Å². The van der Waals surface area contributed by atoms with Gasteiger partial charge in [-0.2, -0.15) is 0 Å². The Hall–Kier alpha value is -2.69. The number of hydrogen-bond acceptors (Lipinski definition) is 6. The monoisotopic (exact) mass is 481 g/mol. The van der Waals surface area contributed by atoms with Crippen molar-refractivity contribution in [3.05, 3.63) is 53.8 Å². The standard InChI is InChI=1S/C23H32FN3O5S/c1-4-27(5-2)14-15-32-21-11-6-18(16-22(21)31-3)17-25-23(28)12-13-26-33(29,30)20-9-7-19(24)8-10-20/h6-11,16,26H,4-5,12-15,17H2,1-3H3,(H,25,28). The van der Waals surface area contributed by atoms with Crippen LogP contribution in [0.5, 0.6) is 11.5 Å². The fourth-order valence-corrected chi connectivity index (χ4v) is 4.08. The first kappa shape index (κ1) is 26.6. The lowest BCUT2D eigenvalue weighted by molar-refractivity contribution is -0.121. The lowest BCUT2D eigenvalue weighted by Crippen LogP contribution is -2.30. The highest BCUT2D eigenvalue weighted by atomic mass is 32.2. The summed E-state index contributed by atoms with van der Waals surface area (Å²) in [6, 6.07) is 9.91. The topological polar surface area (TPSA) is 97.0 Å². The van der Waals surface area contributed by atoms with Gasteiger partial charge < -0.3 is 19.7 Å². The van der Waals surface area contributed by atoms with E-state index in [4.69, 9.17) is 9.47 Å². The maximum Gasteiger partial charge on any atom is 0.240 e. The minimum atomic E-state index is -3.80. The molecule has 0 aliphatic carbocycles. The molecule has 0 fully saturated rings. The maximum absolute atomic E-state index is 13.0. The lowest BCUT2D eigenvalue weighted by atomic mass is 10.2. The van der Waals surface area contributed by atoms with Crippen molar-refractivity contribution in [3.8, 4) is 11.5 Å². The molecule has 10 heteroatoms. The average Bonchev–Trinajstić information content (AvgIpc) is 2.81. The molecule has 0 saturated carbocycles. The Bertz CT molecular complexity index is 996. The summed E-state index contributed by atoms with van der Waals surface area (Å²) in [5.74, 6) is 0.378. The van der Waals surface area contributed by atoms with Crippen molar-refractivity contribution in [1.29, 1.82) is 0 Å². The van der Waals surface area contributed by atoms with Crippen LogP contribution in [0.15, 0.2) is 47.4 Å². The first-order valence-electron chi connectivity index (χ1n) is 10.8. The van der Waals surface area contributed by atoms with Crippen molar-refractivity contribution in [2.75, 3.05) is 39.9 Å². The van der Waals surface area contributed by atoms with Gasteiger partial charge in [0.15, 0.2) is 11.5 Å².